The molecule has 9 heteroatoms. The molecule has 3 rings (SSSR count). The fourth-order valence-corrected chi connectivity index (χ4v) is 3.46. The van der Waals surface area contributed by atoms with E-state index in [0.29, 0.717) is 17.0 Å². The molecule has 1 atom stereocenters. The lowest BCUT2D eigenvalue weighted by molar-refractivity contribution is -0.141. The second-order valence-electron chi connectivity index (χ2n) is 6.09. The van der Waals surface area contributed by atoms with Crippen LogP contribution in [0.5, 0.6) is 0 Å². The van der Waals surface area contributed by atoms with Crippen LogP contribution in [0.25, 0.3) is 11.3 Å². The number of nitrogens with zero attached hydrogens (tertiary/aromatic N) is 2. The van der Waals surface area contributed by atoms with E-state index in [1.165, 1.54) is 12.5 Å². The van der Waals surface area contributed by atoms with Gasteiger partial charge in [-0.3, -0.25) is 4.79 Å². The smallest absolute Gasteiger partial charge is 0.406 e. The molecule has 3 aromatic rings. The Labute approximate surface area is 163 Å². The van der Waals surface area contributed by atoms with Gasteiger partial charge in [0.15, 0.2) is 5.16 Å². The van der Waals surface area contributed by atoms with Gasteiger partial charge < -0.3 is 14.3 Å². The predicted molar refractivity (Wildman–Crippen MR) is 99.7 cm³/mol. The summed E-state index contributed by atoms with van der Waals surface area (Å²) in [6.45, 7) is 0.587. The van der Waals surface area contributed by atoms with Crippen molar-refractivity contribution in [2.45, 2.75) is 30.8 Å². The summed E-state index contributed by atoms with van der Waals surface area (Å²) in [5.74, 6) is 0.216. The Balaban J connectivity index is 1.72. The van der Waals surface area contributed by atoms with Gasteiger partial charge in [0.05, 0.1) is 29.9 Å². The van der Waals surface area contributed by atoms with Gasteiger partial charge >= 0.3 is 6.18 Å². The normalized spacial score (nSPS) is 12.7. The summed E-state index contributed by atoms with van der Waals surface area (Å²) in [7, 11) is 0. The van der Waals surface area contributed by atoms with Gasteiger partial charge in [0, 0.05) is 0 Å². The van der Waals surface area contributed by atoms with Crippen LogP contribution in [0.4, 0.5) is 13.2 Å². The van der Waals surface area contributed by atoms with Crippen LogP contribution in [0, 0.1) is 0 Å². The number of furan rings is 1. The highest BCUT2D eigenvalue weighted by molar-refractivity contribution is 7.99. The lowest BCUT2D eigenvalue weighted by atomic mass is 10.2. The van der Waals surface area contributed by atoms with Crippen LogP contribution < -0.4 is 5.32 Å². The summed E-state index contributed by atoms with van der Waals surface area (Å²) in [6.07, 6.45) is -1.51. The van der Waals surface area contributed by atoms with E-state index in [1.54, 1.807) is 49.4 Å². The van der Waals surface area contributed by atoms with Crippen molar-refractivity contribution in [3.8, 4) is 11.3 Å². The molecule has 0 aliphatic heterocycles. The number of thioether (sulfide) groups is 1. The van der Waals surface area contributed by atoms with Gasteiger partial charge in [-0.1, -0.05) is 42.1 Å². The standard InChI is InChI=1S/C19H18F3N3O2S/c1-13(16-8-5-9-27-16)24-17(26)11-28-18-23-10-15(14-6-3-2-4-7-14)25(18)12-19(20,21)22/h2-10,13H,11-12H2,1H3,(H,24,26). The fraction of sp³-hybridized carbons (Fsp3) is 0.263. The molecule has 5 nitrogen and oxygen atoms in total. The van der Waals surface area contributed by atoms with Crippen molar-refractivity contribution >= 4 is 17.7 Å². The maximum Gasteiger partial charge on any atom is 0.406 e. The molecule has 0 radical (unpaired) electrons. The number of hydrogen-bond donors (Lipinski definition) is 1. The Morgan fingerprint density at radius 1 is 1.25 bits per heavy atom. The average Bonchev–Trinajstić information content (AvgIpc) is 3.30. The minimum Gasteiger partial charge on any atom is -0.467 e. The molecule has 1 unspecified atom stereocenters. The number of halogens is 3. The van der Waals surface area contributed by atoms with E-state index >= 15 is 0 Å². The second-order valence-corrected chi connectivity index (χ2v) is 7.03. The minimum atomic E-state index is -4.41. The van der Waals surface area contributed by atoms with Crippen molar-refractivity contribution in [1.82, 2.24) is 14.9 Å². The molecule has 28 heavy (non-hydrogen) atoms. The highest BCUT2D eigenvalue weighted by atomic mass is 32.2. The third-order valence-electron chi connectivity index (χ3n) is 3.91. The summed E-state index contributed by atoms with van der Waals surface area (Å²) in [5.41, 5.74) is 0.978. The molecular weight excluding hydrogens is 391 g/mol. The zero-order valence-electron chi connectivity index (χ0n) is 14.9. The van der Waals surface area contributed by atoms with Crippen molar-refractivity contribution in [3.05, 3.63) is 60.7 Å². The molecule has 1 aromatic carbocycles. The Kier molecular flexibility index (Phi) is 6.13. The van der Waals surface area contributed by atoms with E-state index in [1.807, 2.05) is 0 Å². The van der Waals surface area contributed by atoms with Gasteiger partial charge in [0.2, 0.25) is 5.91 Å². The first-order valence-corrected chi connectivity index (χ1v) is 9.45. The van der Waals surface area contributed by atoms with Crippen molar-refractivity contribution < 1.29 is 22.4 Å². The van der Waals surface area contributed by atoms with Crippen LogP contribution in [-0.4, -0.2) is 27.4 Å². The zero-order chi connectivity index (χ0) is 20.1. The Hall–Kier alpha value is -2.68. The van der Waals surface area contributed by atoms with Crippen LogP contribution in [0.3, 0.4) is 0 Å². The zero-order valence-corrected chi connectivity index (χ0v) is 15.8. The van der Waals surface area contributed by atoms with E-state index in [4.69, 9.17) is 4.42 Å². The summed E-state index contributed by atoms with van der Waals surface area (Å²) in [5, 5.41) is 2.88. The van der Waals surface area contributed by atoms with Crippen molar-refractivity contribution in [2.24, 2.45) is 0 Å². The third-order valence-corrected chi connectivity index (χ3v) is 4.90. The third kappa shape index (κ3) is 5.19. The fourth-order valence-electron chi connectivity index (χ4n) is 2.67. The quantitative estimate of drug-likeness (QED) is 0.576. The van der Waals surface area contributed by atoms with Crippen molar-refractivity contribution in [3.63, 3.8) is 0 Å². The highest BCUT2D eigenvalue weighted by Crippen LogP contribution is 2.30. The molecule has 0 aliphatic carbocycles. The predicted octanol–water partition coefficient (Wildman–Crippen LogP) is 4.67. The maximum absolute atomic E-state index is 13.1. The molecule has 0 saturated carbocycles. The first-order chi connectivity index (χ1) is 13.3. The van der Waals surface area contributed by atoms with Gasteiger partial charge in [-0.05, 0) is 24.6 Å². The molecule has 1 amide bonds. The number of carbonyl (C=O) groups excluding carboxylic acids is 1. The van der Waals surface area contributed by atoms with Gasteiger partial charge in [0.1, 0.15) is 12.3 Å². The molecule has 0 fully saturated rings. The molecule has 1 N–H and O–H groups in total. The highest BCUT2D eigenvalue weighted by Gasteiger charge is 2.31. The van der Waals surface area contributed by atoms with E-state index in [9.17, 15) is 18.0 Å². The number of alkyl halides is 3. The van der Waals surface area contributed by atoms with Gasteiger partial charge in [-0.25, -0.2) is 4.98 Å². The van der Waals surface area contributed by atoms with E-state index in [0.717, 1.165) is 16.3 Å². The summed E-state index contributed by atoms with van der Waals surface area (Å²) >= 11 is 0.960. The number of hydrogen-bond acceptors (Lipinski definition) is 4. The molecule has 2 aromatic heterocycles. The monoisotopic (exact) mass is 409 g/mol. The van der Waals surface area contributed by atoms with E-state index < -0.39 is 12.7 Å². The summed E-state index contributed by atoms with van der Waals surface area (Å²) in [4.78, 5) is 16.3. The number of amides is 1. The Morgan fingerprint density at radius 2 is 2.00 bits per heavy atom. The maximum atomic E-state index is 13.1. The average molecular weight is 409 g/mol. The van der Waals surface area contributed by atoms with Crippen LogP contribution in [0.15, 0.2) is 64.5 Å². The Bertz CT molecular complexity index is 908. The molecule has 0 aliphatic rings. The van der Waals surface area contributed by atoms with Crippen molar-refractivity contribution in [1.29, 1.82) is 0 Å². The van der Waals surface area contributed by atoms with Crippen LogP contribution >= 0.6 is 11.8 Å². The van der Waals surface area contributed by atoms with E-state index in [2.05, 4.69) is 10.3 Å². The second kappa shape index (κ2) is 8.55. The van der Waals surface area contributed by atoms with Crippen molar-refractivity contribution in [2.75, 3.05) is 5.75 Å². The van der Waals surface area contributed by atoms with E-state index in [-0.39, 0.29) is 22.9 Å². The van der Waals surface area contributed by atoms with Gasteiger partial charge in [-0.2, -0.15) is 13.2 Å². The summed E-state index contributed by atoms with van der Waals surface area (Å²) < 4.78 is 45.5. The molecule has 148 valence electrons. The van der Waals surface area contributed by atoms with Gasteiger partial charge in [-0.15, -0.1) is 0 Å². The van der Waals surface area contributed by atoms with Crippen LogP contribution in [-0.2, 0) is 11.3 Å². The topological polar surface area (TPSA) is 60.1 Å². The molecule has 0 saturated heterocycles. The molecule has 2 heterocycles. The first kappa shape index (κ1) is 20.1. The number of benzene rings is 1. The lowest BCUT2D eigenvalue weighted by Gasteiger charge is -2.15. The number of imidazole rings is 1. The molecule has 0 bridgehead atoms. The Morgan fingerprint density at radius 3 is 2.64 bits per heavy atom. The molecule has 0 spiro atoms. The number of rotatable bonds is 7. The molecular formula is C19H18F3N3O2S. The minimum absolute atomic E-state index is 0.0614. The van der Waals surface area contributed by atoms with Gasteiger partial charge in [0.25, 0.3) is 0 Å². The van der Waals surface area contributed by atoms with Crippen LogP contribution in [0.1, 0.15) is 18.7 Å². The SMILES string of the molecule is CC(NC(=O)CSc1ncc(-c2ccccc2)n1CC(F)(F)F)c1ccco1. The first-order valence-electron chi connectivity index (χ1n) is 8.47. The largest absolute Gasteiger partial charge is 0.467 e. The van der Waals surface area contributed by atoms with Crippen LogP contribution in [0.2, 0.25) is 0 Å². The lowest BCUT2D eigenvalue weighted by Crippen LogP contribution is -2.28. The number of carbonyl (C=O) groups is 1. The number of nitrogens with one attached hydrogen (secondary N) is 1. The number of aromatic nitrogens is 2. The summed E-state index contributed by atoms with van der Waals surface area (Å²) in [6, 6.07) is 11.8.